The smallest absolute Gasteiger partial charge is 0.165 e. The van der Waals surface area contributed by atoms with Crippen LogP contribution >= 0.6 is 11.3 Å². The van der Waals surface area contributed by atoms with E-state index < -0.39 is 0 Å². The van der Waals surface area contributed by atoms with Gasteiger partial charge in [-0.2, -0.15) is 10.5 Å². The van der Waals surface area contributed by atoms with E-state index in [4.69, 9.17) is 0 Å². The number of nitrogens with zero attached hydrogens (tertiary/aromatic N) is 4. The summed E-state index contributed by atoms with van der Waals surface area (Å²) in [5, 5.41) is 18.6. The first kappa shape index (κ1) is 19.6. The van der Waals surface area contributed by atoms with Crippen molar-refractivity contribution in [1.82, 2.24) is 4.98 Å². The fourth-order valence-corrected chi connectivity index (χ4v) is 4.87. The number of allylic oxidation sites excluding steroid dienone is 2. The molecule has 0 saturated carbocycles. The zero-order valence-electron chi connectivity index (χ0n) is 17.0. The molecule has 3 aromatic rings. The number of benzene rings is 2. The van der Waals surface area contributed by atoms with Crippen LogP contribution in [0, 0.1) is 22.7 Å². The fraction of sp³-hybridized carbons (Fsp3) is 0.160. The summed E-state index contributed by atoms with van der Waals surface area (Å²) in [5.41, 5.74) is 5.34. The Hall–Kier alpha value is -3.67. The Morgan fingerprint density at radius 3 is 2.33 bits per heavy atom. The predicted octanol–water partition coefficient (Wildman–Crippen LogP) is 4.10. The van der Waals surface area contributed by atoms with Crippen LogP contribution in [0.25, 0.3) is 22.9 Å². The quantitative estimate of drug-likeness (QED) is 0.640. The molecule has 146 valence electrons. The van der Waals surface area contributed by atoms with Crippen LogP contribution in [0.5, 0.6) is 0 Å². The molecule has 0 fully saturated rings. The molecule has 1 aliphatic rings. The maximum Gasteiger partial charge on any atom is 0.165 e. The molecule has 2 aromatic carbocycles. The lowest BCUT2D eigenvalue weighted by molar-refractivity contribution is 0.641. The third-order valence-corrected chi connectivity index (χ3v) is 6.51. The molecule has 0 aliphatic carbocycles. The van der Waals surface area contributed by atoms with Gasteiger partial charge in [0.15, 0.2) is 5.57 Å². The number of hydrogen-bond acceptors (Lipinski definition) is 5. The van der Waals surface area contributed by atoms with E-state index in [1.54, 1.807) is 0 Å². The maximum atomic E-state index is 9.28. The Bertz CT molecular complexity index is 1330. The molecule has 0 saturated heterocycles. The second-order valence-corrected chi connectivity index (χ2v) is 8.65. The second kappa shape index (κ2) is 7.63. The summed E-state index contributed by atoms with van der Waals surface area (Å²) in [6.07, 6.45) is 4.18. The van der Waals surface area contributed by atoms with Crippen LogP contribution in [-0.4, -0.2) is 12.0 Å². The lowest BCUT2D eigenvalue weighted by Crippen LogP contribution is -2.22. The molecule has 1 aliphatic heterocycles. The minimum absolute atomic E-state index is 0.0372. The number of likely N-dealkylation sites (N-methyl/N-ethyl adjacent to an activating group) is 1. The third kappa shape index (κ3) is 3.20. The van der Waals surface area contributed by atoms with Crippen molar-refractivity contribution in [2.75, 3.05) is 11.9 Å². The average Bonchev–Trinajstić information content (AvgIpc) is 3.26. The number of nitriles is 2. The molecule has 5 heteroatoms. The average molecular weight is 409 g/mol. The van der Waals surface area contributed by atoms with Gasteiger partial charge < -0.3 is 4.90 Å². The van der Waals surface area contributed by atoms with Gasteiger partial charge in [0.2, 0.25) is 0 Å². The van der Waals surface area contributed by atoms with Crippen LogP contribution in [0.15, 0.2) is 66.4 Å². The molecule has 4 nitrogen and oxygen atoms in total. The number of para-hydroxylation sites is 1. The molecule has 0 N–H and O–H groups in total. The summed E-state index contributed by atoms with van der Waals surface area (Å²) < 4.78 is 1.37. The van der Waals surface area contributed by atoms with E-state index in [1.165, 1.54) is 28.3 Å². The zero-order valence-corrected chi connectivity index (χ0v) is 17.9. The van der Waals surface area contributed by atoms with Gasteiger partial charge in [0.25, 0.3) is 0 Å². The summed E-state index contributed by atoms with van der Waals surface area (Å²) >= 11 is 1.37. The Kier molecular flexibility index (Phi) is 4.99. The number of fused-ring (bicyclic) bond motifs is 1. The molecule has 0 unspecified atom stereocenters. The van der Waals surface area contributed by atoms with Crippen molar-refractivity contribution in [3.05, 3.63) is 81.1 Å². The molecule has 0 spiro atoms. The topological polar surface area (TPSA) is 63.7 Å². The van der Waals surface area contributed by atoms with E-state index in [2.05, 4.69) is 67.2 Å². The van der Waals surface area contributed by atoms with Gasteiger partial charge in [-0.25, -0.2) is 4.98 Å². The van der Waals surface area contributed by atoms with Crippen molar-refractivity contribution >= 4 is 28.7 Å². The van der Waals surface area contributed by atoms with E-state index in [-0.39, 0.29) is 11.0 Å². The zero-order chi connectivity index (χ0) is 21.3. The summed E-state index contributed by atoms with van der Waals surface area (Å²) in [6, 6.07) is 22.2. The Balaban J connectivity index is 1.93. The SMILES string of the molecule is CN1C(=CC=c2sc(=C(C#N)C#N)nc2-c2ccccc2)C(C)(C)c2ccccc21. The van der Waals surface area contributed by atoms with Crippen molar-refractivity contribution in [2.24, 2.45) is 0 Å². The first-order valence-corrected chi connectivity index (χ1v) is 10.4. The van der Waals surface area contributed by atoms with E-state index in [0.717, 1.165) is 15.8 Å². The fourth-order valence-electron chi connectivity index (χ4n) is 3.93. The van der Waals surface area contributed by atoms with Gasteiger partial charge in [-0.1, -0.05) is 62.4 Å². The molecule has 0 amide bonds. The van der Waals surface area contributed by atoms with E-state index in [9.17, 15) is 10.5 Å². The van der Waals surface area contributed by atoms with Crippen molar-refractivity contribution in [1.29, 1.82) is 10.5 Å². The number of aromatic nitrogens is 1. The summed E-state index contributed by atoms with van der Waals surface area (Å²) in [7, 11) is 2.08. The third-order valence-electron chi connectivity index (χ3n) is 5.47. The molecular weight excluding hydrogens is 388 g/mol. The van der Waals surface area contributed by atoms with Crippen molar-refractivity contribution in [3.63, 3.8) is 0 Å². The summed E-state index contributed by atoms with van der Waals surface area (Å²) in [4.78, 5) is 6.85. The van der Waals surface area contributed by atoms with Gasteiger partial charge in [0, 0.05) is 29.4 Å². The largest absolute Gasteiger partial charge is 0.347 e. The highest BCUT2D eigenvalue weighted by atomic mass is 32.1. The lowest BCUT2D eigenvalue weighted by atomic mass is 9.84. The van der Waals surface area contributed by atoms with Crippen LogP contribution in [0.2, 0.25) is 0 Å². The Morgan fingerprint density at radius 1 is 1.00 bits per heavy atom. The van der Waals surface area contributed by atoms with Crippen molar-refractivity contribution in [2.45, 2.75) is 19.3 Å². The van der Waals surface area contributed by atoms with Gasteiger partial charge >= 0.3 is 0 Å². The van der Waals surface area contributed by atoms with Gasteiger partial charge in [-0.3, -0.25) is 0 Å². The molecule has 0 atom stereocenters. The van der Waals surface area contributed by atoms with Gasteiger partial charge in [-0.05, 0) is 23.8 Å². The van der Waals surface area contributed by atoms with E-state index >= 15 is 0 Å². The summed E-state index contributed by atoms with van der Waals surface area (Å²) in [6.45, 7) is 4.45. The number of anilines is 1. The standard InChI is InChI=1S/C25H20N4S/c1-25(2)19-11-7-8-12-20(19)29(3)22(25)14-13-21-23(17-9-5-4-6-10-17)28-24(30-21)18(15-26)16-27/h4-14H,1-3H3. The molecule has 4 rings (SSSR count). The minimum atomic E-state index is -0.126. The number of thiazole rings is 1. The normalized spacial score (nSPS) is 16.2. The highest BCUT2D eigenvalue weighted by molar-refractivity contribution is 7.08. The molecule has 0 radical (unpaired) electrons. The van der Waals surface area contributed by atoms with Crippen LogP contribution in [0.3, 0.4) is 0 Å². The van der Waals surface area contributed by atoms with Crippen LogP contribution in [0.1, 0.15) is 19.4 Å². The monoisotopic (exact) mass is 408 g/mol. The second-order valence-electron chi connectivity index (χ2n) is 7.62. The Morgan fingerprint density at radius 2 is 1.67 bits per heavy atom. The summed E-state index contributed by atoms with van der Waals surface area (Å²) in [5.74, 6) is 0. The lowest BCUT2D eigenvalue weighted by Gasteiger charge is -2.23. The van der Waals surface area contributed by atoms with Crippen LogP contribution in [-0.2, 0) is 5.41 Å². The first-order valence-electron chi connectivity index (χ1n) is 9.60. The number of rotatable bonds is 2. The highest BCUT2D eigenvalue weighted by Gasteiger charge is 2.37. The molecule has 2 heterocycles. The highest BCUT2D eigenvalue weighted by Crippen LogP contribution is 2.46. The van der Waals surface area contributed by atoms with E-state index in [0.29, 0.717) is 4.66 Å². The van der Waals surface area contributed by atoms with Crippen LogP contribution < -0.4 is 14.1 Å². The van der Waals surface area contributed by atoms with Gasteiger partial charge in [0.1, 0.15) is 16.8 Å². The van der Waals surface area contributed by atoms with E-state index in [1.807, 2.05) is 42.5 Å². The minimum Gasteiger partial charge on any atom is -0.347 e. The maximum absolute atomic E-state index is 9.28. The molecular formula is C25H20N4S. The first-order chi connectivity index (χ1) is 14.5. The van der Waals surface area contributed by atoms with Crippen molar-refractivity contribution in [3.8, 4) is 23.4 Å². The van der Waals surface area contributed by atoms with Crippen LogP contribution in [0.4, 0.5) is 5.69 Å². The molecule has 30 heavy (non-hydrogen) atoms. The van der Waals surface area contributed by atoms with Crippen molar-refractivity contribution < 1.29 is 0 Å². The van der Waals surface area contributed by atoms with Gasteiger partial charge in [-0.15, -0.1) is 11.3 Å². The molecule has 0 bridgehead atoms. The van der Waals surface area contributed by atoms with Gasteiger partial charge in [0.05, 0.1) is 10.2 Å². The predicted molar refractivity (Wildman–Crippen MR) is 122 cm³/mol. The Labute approximate surface area is 180 Å². The number of hydrogen-bond donors (Lipinski definition) is 0. The molecule has 1 aromatic heterocycles.